The van der Waals surface area contributed by atoms with E-state index in [2.05, 4.69) is 66.2 Å². The van der Waals surface area contributed by atoms with Gasteiger partial charge in [0.2, 0.25) is 0 Å². The molecule has 0 aliphatic carbocycles. The highest BCUT2D eigenvalue weighted by Crippen LogP contribution is 2.30. The van der Waals surface area contributed by atoms with Crippen LogP contribution in [0, 0.1) is 5.92 Å². The zero-order valence-corrected chi connectivity index (χ0v) is 12.5. The number of rotatable bonds is 5. The van der Waals surface area contributed by atoms with E-state index in [0.717, 1.165) is 24.1 Å². The van der Waals surface area contributed by atoms with Crippen molar-refractivity contribution < 1.29 is 4.74 Å². The van der Waals surface area contributed by atoms with Crippen LogP contribution in [0.2, 0.25) is 0 Å². The van der Waals surface area contributed by atoms with Crippen LogP contribution < -0.4 is 4.74 Å². The van der Waals surface area contributed by atoms with Gasteiger partial charge in [0, 0.05) is 10.9 Å². The van der Waals surface area contributed by atoms with Gasteiger partial charge in [0.05, 0.1) is 6.61 Å². The lowest BCUT2D eigenvalue weighted by Gasteiger charge is -2.13. The Labute approximate surface area is 117 Å². The standard InChI is InChI=1S/C16H19BrO/c1-12(2)9-10-18-16-8-7-13-5-3-4-6-14(13)15(16)11-17/h3-8,12H,9-11H2,1-2H3. The van der Waals surface area contributed by atoms with E-state index >= 15 is 0 Å². The summed E-state index contributed by atoms with van der Waals surface area (Å²) in [5.74, 6) is 1.68. The molecule has 0 heterocycles. The average Bonchev–Trinajstić information content (AvgIpc) is 2.38. The van der Waals surface area contributed by atoms with Crippen LogP contribution in [-0.4, -0.2) is 6.61 Å². The molecule has 0 aliphatic heterocycles. The van der Waals surface area contributed by atoms with Crippen molar-refractivity contribution in [3.8, 4) is 5.75 Å². The van der Waals surface area contributed by atoms with Crippen LogP contribution in [0.4, 0.5) is 0 Å². The topological polar surface area (TPSA) is 9.23 Å². The first-order valence-corrected chi connectivity index (χ1v) is 7.54. The van der Waals surface area contributed by atoms with Crippen LogP contribution in [0.15, 0.2) is 36.4 Å². The van der Waals surface area contributed by atoms with Crippen LogP contribution in [0.5, 0.6) is 5.75 Å². The lowest BCUT2D eigenvalue weighted by molar-refractivity contribution is 0.288. The van der Waals surface area contributed by atoms with Crippen molar-refractivity contribution in [3.63, 3.8) is 0 Å². The van der Waals surface area contributed by atoms with Gasteiger partial charge < -0.3 is 4.74 Å². The molecule has 0 aliphatic rings. The predicted octanol–water partition coefficient (Wildman–Crippen LogP) is 5.16. The molecule has 0 spiro atoms. The van der Waals surface area contributed by atoms with Gasteiger partial charge in [0.1, 0.15) is 5.75 Å². The molecule has 1 nitrogen and oxygen atoms in total. The second-order valence-electron chi connectivity index (χ2n) is 4.93. The minimum absolute atomic E-state index is 0.679. The van der Waals surface area contributed by atoms with Gasteiger partial charge >= 0.3 is 0 Å². The normalized spacial score (nSPS) is 11.1. The minimum Gasteiger partial charge on any atom is -0.493 e. The lowest BCUT2D eigenvalue weighted by atomic mass is 10.0. The summed E-state index contributed by atoms with van der Waals surface area (Å²) in [6, 6.07) is 12.7. The minimum atomic E-state index is 0.679. The third-order valence-corrected chi connectivity index (χ3v) is 3.64. The van der Waals surface area contributed by atoms with Crippen molar-refractivity contribution in [2.75, 3.05) is 6.61 Å². The number of hydrogen-bond acceptors (Lipinski definition) is 1. The quantitative estimate of drug-likeness (QED) is 0.693. The van der Waals surface area contributed by atoms with Gasteiger partial charge in [-0.15, -0.1) is 0 Å². The highest BCUT2D eigenvalue weighted by atomic mass is 79.9. The number of halogens is 1. The Balaban J connectivity index is 2.27. The molecule has 0 fully saturated rings. The summed E-state index contributed by atoms with van der Waals surface area (Å²) in [6.07, 6.45) is 1.09. The largest absolute Gasteiger partial charge is 0.493 e. The number of ether oxygens (including phenoxy) is 1. The van der Waals surface area contributed by atoms with Gasteiger partial charge in [-0.1, -0.05) is 60.1 Å². The first-order valence-electron chi connectivity index (χ1n) is 6.41. The number of alkyl halides is 1. The monoisotopic (exact) mass is 306 g/mol. The summed E-state index contributed by atoms with van der Waals surface area (Å²) in [7, 11) is 0. The van der Waals surface area contributed by atoms with Gasteiger partial charge in [-0.25, -0.2) is 0 Å². The fraction of sp³-hybridized carbons (Fsp3) is 0.375. The lowest BCUT2D eigenvalue weighted by Crippen LogP contribution is -2.03. The van der Waals surface area contributed by atoms with E-state index in [0.29, 0.717) is 5.92 Å². The highest BCUT2D eigenvalue weighted by Gasteiger charge is 2.07. The first-order chi connectivity index (χ1) is 8.72. The summed E-state index contributed by atoms with van der Waals surface area (Å²) in [5, 5.41) is 3.37. The molecule has 0 N–H and O–H groups in total. The molecule has 96 valence electrons. The van der Waals surface area contributed by atoms with Gasteiger partial charge in [-0.2, -0.15) is 0 Å². The number of fused-ring (bicyclic) bond motifs is 1. The Bertz CT molecular complexity index is 519. The molecule has 2 aromatic carbocycles. The van der Waals surface area contributed by atoms with Crippen LogP contribution in [-0.2, 0) is 5.33 Å². The Morgan fingerprint density at radius 1 is 1.11 bits per heavy atom. The van der Waals surface area contributed by atoms with E-state index in [-0.39, 0.29) is 0 Å². The Kier molecular flexibility index (Phi) is 4.65. The summed E-state index contributed by atoms with van der Waals surface area (Å²) in [4.78, 5) is 0. The van der Waals surface area contributed by atoms with E-state index in [1.807, 2.05) is 0 Å². The SMILES string of the molecule is CC(C)CCOc1ccc2ccccc2c1CBr. The van der Waals surface area contributed by atoms with Crippen LogP contribution in [0.3, 0.4) is 0 Å². The maximum absolute atomic E-state index is 5.92. The highest BCUT2D eigenvalue weighted by molar-refractivity contribution is 9.08. The number of hydrogen-bond donors (Lipinski definition) is 0. The van der Waals surface area contributed by atoms with Crippen molar-refractivity contribution in [3.05, 3.63) is 42.0 Å². The second kappa shape index (κ2) is 6.24. The molecule has 0 amide bonds. The third kappa shape index (κ3) is 3.05. The Hall–Kier alpha value is -1.02. The maximum Gasteiger partial charge on any atom is 0.123 e. The zero-order chi connectivity index (χ0) is 13.0. The molecule has 0 bridgehead atoms. The van der Waals surface area contributed by atoms with E-state index < -0.39 is 0 Å². The summed E-state index contributed by atoms with van der Waals surface area (Å²) < 4.78 is 5.92. The molecule has 0 saturated carbocycles. The van der Waals surface area contributed by atoms with E-state index in [1.165, 1.54) is 16.3 Å². The van der Waals surface area contributed by atoms with Crippen molar-refractivity contribution in [2.45, 2.75) is 25.6 Å². The summed E-state index contributed by atoms with van der Waals surface area (Å²) >= 11 is 3.57. The molecule has 0 radical (unpaired) electrons. The van der Waals surface area contributed by atoms with Crippen LogP contribution in [0.25, 0.3) is 10.8 Å². The fourth-order valence-electron chi connectivity index (χ4n) is 1.99. The third-order valence-electron chi connectivity index (χ3n) is 3.08. The molecular formula is C16H19BrO. The maximum atomic E-state index is 5.92. The van der Waals surface area contributed by atoms with Crippen LogP contribution >= 0.6 is 15.9 Å². The molecule has 0 unspecified atom stereocenters. The smallest absolute Gasteiger partial charge is 0.123 e. The Morgan fingerprint density at radius 2 is 1.89 bits per heavy atom. The molecule has 18 heavy (non-hydrogen) atoms. The van der Waals surface area contributed by atoms with Gasteiger partial charge in [0.25, 0.3) is 0 Å². The number of benzene rings is 2. The summed E-state index contributed by atoms with van der Waals surface area (Å²) in [5.41, 5.74) is 1.25. The Morgan fingerprint density at radius 3 is 2.61 bits per heavy atom. The van der Waals surface area contributed by atoms with E-state index in [9.17, 15) is 0 Å². The molecule has 2 aromatic rings. The zero-order valence-electron chi connectivity index (χ0n) is 10.9. The van der Waals surface area contributed by atoms with Gasteiger partial charge in [-0.05, 0) is 29.2 Å². The molecule has 0 atom stereocenters. The van der Waals surface area contributed by atoms with Gasteiger partial charge in [0.15, 0.2) is 0 Å². The van der Waals surface area contributed by atoms with Crippen molar-refractivity contribution in [2.24, 2.45) is 5.92 Å². The van der Waals surface area contributed by atoms with E-state index in [1.54, 1.807) is 0 Å². The van der Waals surface area contributed by atoms with Gasteiger partial charge in [-0.3, -0.25) is 0 Å². The molecule has 2 heteroatoms. The second-order valence-corrected chi connectivity index (χ2v) is 5.49. The van der Waals surface area contributed by atoms with Crippen LogP contribution in [0.1, 0.15) is 25.8 Å². The van der Waals surface area contributed by atoms with Crippen molar-refractivity contribution >= 4 is 26.7 Å². The predicted molar refractivity (Wildman–Crippen MR) is 81.5 cm³/mol. The molecule has 0 saturated heterocycles. The summed E-state index contributed by atoms with van der Waals surface area (Å²) in [6.45, 7) is 5.22. The first kappa shape index (κ1) is 13.4. The molecule has 2 rings (SSSR count). The molecule has 0 aromatic heterocycles. The van der Waals surface area contributed by atoms with E-state index in [4.69, 9.17) is 4.74 Å². The fourth-order valence-corrected chi connectivity index (χ4v) is 2.57. The average molecular weight is 307 g/mol. The molecular weight excluding hydrogens is 288 g/mol. The van der Waals surface area contributed by atoms with Crippen molar-refractivity contribution in [1.29, 1.82) is 0 Å². The van der Waals surface area contributed by atoms with Crippen molar-refractivity contribution in [1.82, 2.24) is 0 Å².